The molecule has 1 amide bonds. The van der Waals surface area contributed by atoms with Crippen molar-refractivity contribution in [3.05, 3.63) is 71.9 Å². The SMILES string of the molecule is Cc1cc(NC(=O)c2ccc3ccccc3c2)n(-c2nc3cc4c(cc3s2)OCO4)n1. The third-order valence-electron chi connectivity index (χ3n) is 5.14. The van der Waals surface area contributed by atoms with Gasteiger partial charge in [0.2, 0.25) is 11.9 Å². The molecule has 1 aliphatic heterocycles. The van der Waals surface area contributed by atoms with E-state index in [9.17, 15) is 4.79 Å². The van der Waals surface area contributed by atoms with Gasteiger partial charge in [-0.3, -0.25) is 4.79 Å². The van der Waals surface area contributed by atoms with Crippen molar-refractivity contribution >= 4 is 44.1 Å². The molecule has 7 nitrogen and oxygen atoms in total. The molecule has 0 atom stereocenters. The summed E-state index contributed by atoms with van der Waals surface area (Å²) in [5, 5.41) is 10.3. The minimum atomic E-state index is -0.200. The number of amides is 1. The molecule has 5 aromatic rings. The summed E-state index contributed by atoms with van der Waals surface area (Å²) in [6.45, 7) is 2.11. The number of benzene rings is 3. The molecule has 0 spiro atoms. The van der Waals surface area contributed by atoms with Gasteiger partial charge in [0.05, 0.1) is 15.9 Å². The lowest BCUT2D eigenvalue weighted by molar-refractivity contribution is 0.102. The Morgan fingerprint density at radius 3 is 2.71 bits per heavy atom. The maximum absolute atomic E-state index is 13.0. The first-order valence-corrected chi connectivity index (χ1v) is 10.5. The Morgan fingerprint density at radius 1 is 1.03 bits per heavy atom. The standard InChI is InChI=1S/C23H16N4O3S/c1-13-8-21(25-22(28)16-7-6-14-4-2-3-5-15(14)9-16)27(26-13)23-24-17-10-18-19(30-12-29-18)11-20(17)31-23/h2-11H,12H2,1H3,(H,25,28). The van der Waals surface area contributed by atoms with Crippen molar-refractivity contribution in [1.82, 2.24) is 14.8 Å². The summed E-state index contributed by atoms with van der Waals surface area (Å²) in [7, 11) is 0. The number of aromatic nitrogens is 3. The third-order valence-corrected chi connectivity index (χ3v) is 6.13. The summed E-state index contributed by atoms with van der Waals surface area (Å²) in [4.78, 5) is 17.6. The number of carbonyl (C=O) groups excluding carboxylic acids is 1. The molecule has 0 saturated carbocycles. The Labute approximate surface area is 180 Å². The largest absolute Gasteiger partial charge is 0.454 e. The average molecular weight is 428 g/mol. The van der Waals surface area contributed by atoms with Crippen LogP contribution in [0.5, 0.6) is 11.5 Å². The third kappa shape index (κ3) is 3.08. The monoisotopic (exact) mass is 428 g/mol. The van der Waals surface area contributed by atoms with E-state index in [4.69, 9.17) is 9.47 Å². The number of aryl methyl sites for hydroxylation is 1. The van der Waals surface area contributed by atoms with E-state index in [-0.39, 0.29) is 12.7 Å². The van der Waals surface area contributed by atoms with Crippen LogP contribution >= 0.6 is 11.3 Å². The first kappa shape index (κ1) is 17.9. The average Bonchev–Trinajstić information content (AvgIpc) is 3.49. The van der Waals surface area contributed by atoms with Crippen molar-refractivity contribution in [2.45, 2.75) is 6.92 Å². The zero-order chi connectivity index (χ0) is 20.9. The van der Waals surface area contributed by atoms with Gasteiger partial charge in [0.15, 0.2) is 11.5 Å². The van der Waals surface area contributed by atoms with Gasteiger partial charge in [-0.25, -0.2) is 4.98 Å². The molecular weight excluding hydrogens is 412 g/mol. The highest BCUT2D eigenvalue weighted by molar-refractivity contribution is 7.20. The van der Waals surface area contributed by atoms with Crippen molar-refractivity contribution in [1.29, 1.82) is 0 Å². The maximum Gasteiger partial charge on any atom is 0.256 e. The summed E-state index contributed by atoms with van der Waals surface area (Å²) in [6.07, 6.45) is 0. The van der Waals surface area contributed by atoms with Crippen LogP contribution in [0.3, 0.4) is 0 Å². The van der Waals surface area contributed by atoms with Crippen molar-refractivity contribution in [2.24, 2.45) is 0 Å². The van der Waals surface area contributed by atoms with Crippen LogP contribution in [0.1, 0.15) is 16.1 Å². The van der Waals surface area contributed by atoms with Crippen LogP contribution < -0.4 is 14.8 Å². The van der Waals surface area contributed by atoms with Crippen LogP contribution in [0.15, 0.2) is 60.7 Å². The molecule has 1 N–H and O–H groups in total. The molecule has 0 unspecified atom stereocenters. The summed E-state index contributed by atoms with van der Waals surface area (Å²) in [5.41, 5.74) is 2.16. The molecule has 0 radical (unpaired) electrons. The molecule has 0 saturated heterocycles. The molecular formula is C23H16N4O3S. The molecule has 1 aliphatic rings. The van der Waals surface area contributed by atoms with Gasteiger partial charge in [0.1, 0.15) is 5.82 Å². The molecule has 3 heterocycles. The molecule has 6 rings (SSSR count). The van der Waals surface area contributed by atoms with Gasteiger partial charge >= 0.3 is 0 Å². The van der Waals surface area contributed by atoms with Crippen molar-refractivity contribution in [2.75, 3.05) is 12.1 Å². The zero-order valence-corrected chi connectivity index (χ0v) is 17.3. The van der Waals surface area contributed by atoms with E-state index < -0.39 is 0 Å². The second kappa shape index (κ2) is 6.82. The minimum absolute atomic E-state index is 0.200. The Hall–Kier alpha value is -3.91. The second-order valence-corrected chi connectivity index (χ2v) is 8.28. The number of carbonyl (C=O) groups is 1. The van der Waals surface area contributed by atoms with Gasteiger partial charge in [-0.15, -0.1) is 0 Å². The van der Waals surface area contributed by atoms with Gasteiger partial charge in [-0.05, 0) is 29.8 Å². The van der Waals surface area contributed by atoms with Crippen LogP contribution in [0, 0.1) is 6.92 Å². The lowest BCUT2D eigenvalue weighted by Crippen LogP contribution is -2.15. The first-order valence-electron chi connectivity index (χ1n) is 9.71. The molecule has 2 aromatic heterocycles. The predicted octanol–water partition coefficient (Wildman–Crippen LogP) is 4.92. The van der Waals surface area contributed by atoms with Crippen LogP contribution in [-0.2, 0) is 0 Å². The van der Waals surface area contributed by atoms with E-state index in [1.807, 2.05) is 67.6 Å². The number of fused-ring (bicyclic) bond motifs is 3. The number of hydrogen-bond donors (Lipinski definition) is 1. The molecule has 3 aromatic carbocycles. The maximum atomic E-state index is 13.0. The highest BCUT2D eigenvalue weighted by Crippen LogP contribution is 2.39. The molecule has 152 valence electrons. The van der Waals surface area contributed by atoms with Crippen LogP contribution in [0.2, 0.25) is 0 Å². The summed E-state index contributed by atoms with van der Waals surface area (Å²) >= 11 is 1.47. The quantitative estimate of drug-likeness (QED) is 0.441. The van der Waals surface area contributed by atoms with Gasteiger partial charge in [-0.1, -0.05) is 41.7 Å². The number of rotatable bonds is 3. The van der Waals surface area contributed by atoms with Crippen molar-refractivity contribution < 1.29 is 14.3 Å². The van der Waals surface area contributed by atoms with Gasteiger partial charge in [0, 0.05) is 23.8 Å². The summed E-state index contributed by atoms with van der Waals surface area (Å²) in [6, 6.07) is 19.2. The normalized spacial score (nSPS) is 12.5. The number of hydrogen-bond acceptors (Lipinski definition) is 6. The lowest BCUT2D eigenvalue weighted by atomic mass is 10.1. The first-order chi connectivity index (χ1) is 15.1. The molecule has 0 fully saturated rings. The van der Waals surface area contributed by atoms with E-state index in [0.29, 0.717) is 28.0 Å². The fourth-order valence-corrected chi connectivity index (χ4v) is 4.59. The van der Waals surface area contributed by atoms with E-state index in [0.717, 1.165) is 26.7 Å². The molecule has 0 bridgehead atoms. The minimum Gasteiger partial charge on any atom is -0.454 e. The van der Waals surface area contributed by atoms with E-state index in [2.05, 4.69) is 15.4 Å². The van der Waals surface area contributed by atoms with Gasteiger partial charge < -0.3 is 14.8 Å². The number of ether oxygens (including phenoxy) is 2. The lowest BCUT2D eigenvalue weighted by Gasteiger charge is -2.07. The number of nitrogens with zero attached hydrogens (tertiary/aromatic N) is 3. The van der Waals surface area contributed by atoms with E-state index >= 15 is 0 Å². The highest BCUT2D eigenvalue weighted by Gasteiger charge is 2.19. The molecule has 31 heavy (non-hydrogen) atoms. The Bertz CT molecular complexity index is 1450. The van der Waals surface area contributed by atoms with Crippen molar-refractivity contribution in [3.63, 3.8) is 0 Å². The van der Waals surface area contributed by atoms with Crippen LogP contribution in [0.25, 0.3) is 26.1 Å². The topological polar surface area (TPSA) is 78.3 Å². The fraction of sp³-hybridized carbons (Fsp3) is 0.0870. The number of anilines is 1. The summed E-state index contributed by atoms with van der Waals surface area (Å²) < 4.78 is 13.5. The Kier molecular flexibility index (Phi) is 3.94. The number of thiazole rings is 1. The smallest absolute Gasteiger partial charge is 0.256 e. The predicted molar refractivity (Wildman–Crippen MR) is 120 cm³/mol. The van der Waals surface area contributed by atoms with Crippen LogP contribution in [-0.4, -0.2) is 27.5 Å². The molecule has 0 aliphatic carbocycles. The van der Waals surface area contributed by atoms with Crippen molar-refractivity contribution in [3.8, 4) is 16.6 Å². The molecule has 8 heteroatoms. The highest BCUT2D eigenvalue weighted by atomic mass is 32.1. The van der Waals surface area contributed by atoms with Crippen LogP contribution in [0.4, 0.5) is 5.82 Å². The van der Waals surface area contributed by atoms with E-state index in [1.165, 1.54) is 11.3 Å². The Balaban J connectivity index is 1.35. The summed E-state index contributed by atoms with van der Waals surface area (Å²) in [5.74, 6) is 1.76. The number of nitrogens with one attached hydrogen (secondary N) is 1. The Morgan fingerprint density at radius 2 is 1.84 bits per heavy atom. The zero-order valence-electron chi connectivity index (χ0n) is 16.5. The van der Waals surface area contributed by atoms with Gasteiger partial charge in [0.25, 0.3) is 5.91 Å². The van der Waals surface area contributed by atoms with Gasteiger partial charge in [-0.2, -0.15) is 9.78 Å². The second-order valence-electron chi connectivity index (χ2n) is 7.27. The van der Waals surface area contributed by atoms with E-state index in [1.54, 1.807) is 4.68 Å². The fourth-order valence-electron chi connectivity index (χ4n) is 3.65.